The van der Waals surface area contributed by atoms with Gasteiger partial charge in [-0.25, -0.2) is 0 Å². The van der Waals surface area contributed by atoms with Crippen molar-refractivity contribution in [1.82, 2.24) is 5.32 Å². The Morgan fingerprint density at radius 1 is 1.46 bits per heavy atom. The van der Waals surface area contributed by atoms with E-state index in [0.717, 1.165) is 17.8 Å². The molecule has 0 bridgehead atoms. The maximum Gasteiger partial charge on any atom is 0.247 e. The molecule has 1 aromatic rings. The molecule has 6 nitrogen and oxygen atoms in total. The van der Waals surface area contributed by atoms with Crippen molar-refractivity contribution in [2.45, 2.75) is 44.2 Å². The second kappa shape index (κ2) is 8.48. The number of amides is 1. The summed E-state index contributed by atoms with van der Waals surface area (Å²) in [5.41, 5.74) is 1.39. The molecule has 1 fully saturated rings. The number of aliphatic hydroxyl groups is 1. The van der Waals surface area contributed by atoms with Crippen molar-refractivity contribution in [3.05, 3.63) is 23.8 Å². The number of ether oxygens (including phenoxy) is 2. The van der Waals surface area contributed by atoms with Crippen LogP contribution in [0.3, 0.4) is 0 Å². The lowest BCUT2D eigenvalue weighted by Gasteiger charge is -2.43. The van der Waals surface area contributed by atoms with E-state index in [1.807, 2.05) is 25.1 Å². The minimum Gasteiger partial charge on any atom is -0.490 e. The first kappa shape index (κ1) is 21.2. The number of carbonyl (C=O) groups excluding carboxylic acids is 1. The summed E-state index contributed by atoms with van der Waals surface area (Å²) in [6.07, 6.45) is -0.240. The molecule has 0 spiro atoms. The number of nitrogens with zero attached hydrogens (tertiary/aromatic N) is 1. The number of halogens is 1. The Balaban J connectivity index is 1.95. The number of hydrogen-bond donors (Lipinski definition) is 2. The number of piperazine rings is 1. The van der Waals surface area contributed by atoms with Crippen LogP contribution in [0.5, 0.6) is 5.75 Å². The van der Waals surface area contributed by atoms with Crippen molar-refractivity contribution in [3.63, 3.8) is 0 Å². The van der Waals surface area contributed by atoms with Crippen LogP contribution in [0.1, 0.15) is 25.0 Å². The number of carbonyl (C=O) groups is 1. The number of benzene rings is 1. The first-order valence-corrected chi connectivity index (χ1v) is 12.9. The summed E-state index contributed by atoms with van der Waals surface area (Å²) in [7, 11) is -1.40. The van der Waals surface area contributed by atoms with Crippen molar-refractivity contribution in [1.29, 1.82) is 0 Å². The fourth-order valence-electron chi connectivity index (χ4n) is 4.45. The van der Waals surface area contributed by atoms with Gasteiger partial charge in [0.05, 0.1) is 12.6 Å². The van der Waals surface area contributed by atoms with Crippen molar-refractivity contribution < 1.29 is 23.5 Å². The normalized spacial score (nSPS) is 26.6. The molecule has 0 radical (unpaired) electrons. The van der Waals surface area contributed by atoms with Crippen LogP contribution >= 0.6 is 0 Å². The zero-order valence-electron chi connectivity index (χ0n) is 17.1. The van der Waals surface area contributed by atoms with Gasteiger partial charge >= 0.3 is 0 Å². The van der Waals surface area contributed by atoms with Crippen LogP contribution in [0.2, 0.25) is 18.6 Å². The fourth-order valence-corrected chi connectivity index (χ4v) is 6.42. The quantitative estimate of drug-likeness (QED) is 0.557. The topological polar surface area (TPSA) is 71.0 Å². The van der Waals surface area contributed by atoms with Crippen molar-refractivity contribution in [3.8, 4) is 5.75 Å². The Kier molecular flexibility index (Phi) is 6.43. The Hall–Kier alpha value is -1.48. The van der Waals surface area contributed by atoms with E-state index >= 15 is 4.11 Å². The summed E-state index contributed by atoms with van der Waals surface area (Å²) in [6, 6.07) is 5.69. The molecule has 1 amide bonds. The summed E-state index contributed by atoms with van der Waals surface area (Å²) >= 11 is 0. The summed E-state index contributed by atoms with van der Waals surface area (Å²) in [4.78, 5) is 14.0. The minimum absolute atomic E-state index is 0.0380. The number of hydrogen-bond acceptors (Lipinski definition) is 5. The molecular weight excluding hydrogens is 379 g/mol. The number of anilines is 1. The largest absolute Gasteiger partial charge is 0.490 e. The molecular formula is C20H31FN2O4Si. The Labute approximate surface area is 167 Å². The van der Waals surface area contributed by atoms with E-state index in [0.29, 0.717) is 25.3 Å². The highest BCUT2D eigenvalue weighted by molar-refractivity contribution is 6.72. The van der Waals surface area contributed by atoms with E-state index in [9.17, 15) is 9.90 Å². The summed E-state index contributed by atoms with van der Waals surface area (Å²) in [6.45, 7) is 6.98. The highest BCUT2D eigenvalue weighted by atomic mass is 28.4. The van der Waals surface area contributed by atoms with E-state index in [4.69, 9.17) is 9.47 Å². The summed E-state index contributed by atoms with van der Waals surface area (Å²) < 4.78 is 27.1. The molecule has 1 aromatic carbocycles. The molecule has 1 unspecified atom stereocenters. The van der Waals surface area contributed by atoms with Gasteiger partial charge < -0.3 is 28.9 Å². The molecule has 4 atom stereocenters. The van der Waals surface area contributed by atoms with Gasteiger partial charge in [-0.05, 0) is 37.7 Å². The van der Waals surface area contributed by atoms with Gasteiger partial charge in [0, 0.05) is 49.5 Å². The highest BCUT2D eigenvalue weighted by Crippen LogP contribution is 2.48. The number of aliphatic hydroxyl groups excluding tert-OH is 1. The number of methoxy groups -OCH3 is 1. The van der Waals surface area contributed by atoms with Gasteiger partial charge in [-0.3, -0.25) is 4.79 Å². The van der Waals surface area contributed by atoms with Gasteiger partial charge in [0.2, 0.25) is 14.3 Å². The van der Waals surface area contributed by atoms with Crippen molar-refractivity contribution in [2.75, 3.05) is 38.3 Å². The molecule has 28 heavy (non-hydrogen) atoms. The fraction of sp³-hybridized carbons (Fsp3) is 0.650. The van der Waals surface area contributed by atoms with Crippen LogP contribution in [0.4, 0.5) is 9.80 Å². The van der Waals surface area contributed by atoms with E-state index in [1.165, 1.54) is 0 Å². The zero-order chi connectivity index (χ0) is 20.5. The number of rotatable bonds is 6. The van der Waals surface area contributed by atoms with Gasteiger partial charge in [-0.15, -0.1) is 0 Å². The minimum atomic E-state index is -3.05. The van der Waals surface area contributed by atoms with Gasteiger partial charge in [0.15, 0.2) is 0 Å². The molecule has 0 aliphatic carbocycles. The standard InChI is InChI=1S/C20H31FN2O4Si/c1-13-19(26-2)15-11-14(23-9-8-22-12-18(23)25)5-6-16(15)27-20(13)17(7-10-24)28(3,4)21/h5-6,11,13,17,19-20,22,24H,7-10,12H2,1-4H3/t13-,17?,19-,20-/m1/s1. The Bertz CT molecular complexity index is 712. The highest BCUT2D eigenvalue weighted by Gasteiger charge is 2.47. The average molecular weight is 411 g/mol. The van der Waals surface area contributed by atoms with E-state index in [2.05, 4.69) is 5.32 Å². The van der Waals surface area contributed by atoms with Crippen molar-refractivity contribution in [2.24, 2.45) is 5.92 Å². The maximum absolute atomic E-state index is 15.0. The van der Waals surface area contributed by atoms with E-state index < -0.39 is 8.41 Å². The lowest BCUT2D eigenvalue weighted by atomic mass is 9.86. The third-order valence-corrected chi connectivity index (χ3v) is 8.31. The van der Waals surface area contributed by atoms with Crippen LogP contribution in [0.25, 0.3) is 0 Å². The molecule has 0 aromatic heterocycles. The maximum atomic E-state index is 15.0. The molecule has 2 N–H and O–H groups in total. The zero-order valence-corrected chi connectivity index (χ0v) is 18.1. The average Bonchev–Trinajstić information content (AvgIpc) is 2.65. The van der Waals surface area contributed by atoms with Gasteiger partial charge in [0.1, 0.15) is 11.9 Å². The van der Waals surface area contributed by atoms with E-state index in [1.54, 1.807) is 25.1 Å². The number of nitrogens with one attached hydrogen (secondary N) is 1. The smallest absolute Gasteiger partial charge is 0.247 e. The summed E-state index contributed by atoms with van der Waals surface area (Å²) in [5.74, 6) is 0.629. The third kappa shape index (κ3) is 4.10. The van der Waals surface area contributed by atoms with E-state index in [-0.39, 0.29) is 36.2 Å². The predicted molar refractivity (Wildman–Crippen MR) is 109 cm³/mol. The van der Waals surface area contributed by atoms with Gasteiger partial charge in [-0.1, -0.05) is 6.92 Å². The monoisotopic (exact) mass is 410 g/mol. The lowest BCUT2D eigenvalue weighted by Crippen LogP contribution is -2.48. The Morgan fingerprint density at radius 2 is 2.21 bits per heavy atom. The molecule has 2 aliphatic rings. The SMILES string of the molecule is CO[C@H]1c2cc(N3CCNCC3=O)ccc2O[C@@H](C(CCO)[Si](C)(C)F)[C@@H]1C. The predicted octanol–water partition coefficient (Wildman–Crippen LogP) is 2.63. The summed E-state index contributed by atoms with van der Waals surface area (Å²) in [5, 5.41) is 12.5. The molecule has 2 heterocycles. The Morgan fingerprint density at radius 3 is 2.82 bits per heavy atom. The molecule has 1 saturated heterocycles. The molecule has 2 aliphatic heterocycles. The van der Waals surface area contributed by atoms with Crippen molar-refractivity contribution >= 4 is 20.0 Å². The van der Waals surface area contributed by atoms with Gasteiger partial charge in [-0.2, -0.15) is 0 Å². The molecule has 3 rings (SSSR count). The van der Waals surface area contributed by atoms with Gasteiger partial charge in [0.25, 0.3) is 0 Å². The molecule has 0 saturated carbocycles. The first-order chi connectivity index (χ1) is 13.3. The van der Waals surface area contributed by atoms with Crippen LogP contribution in [0, 0.1) is 5.92 Å². The van der Waals surface area contributed by atoms with Crippen LogP contribution < -0.4 is 15.0 Å². The van der Waals surface area contributed by atoms with Crippen LogP contribution in [-0.2, 0) is 9.53 Å². The second-order valence-corrected chi connectivity index (χ2v) is 12.1. The second-order valence-electron chi connectivity index (χ2n) is 8.23. The van der Waals surface area contributed by atoms with Crippen LogP contribution in [-0.4, -0.2) is 58.9 Å². The molecule has 156 valence electrons. The third-order valence-electron chi connectivity index (χ3n) is 5.93. The molecule has 8 heteroatoms. The van der Waals surface area contributed by atoms with Crippen LogP contribution in [0.15, 0.2) is 18.2 Å². The first-order valence-electron chi connectivity index (χ1n) is 9.92. The lowest BCUT2D eigenvalue weighted by molar-refractivity contribution is -0.118. The number of fused-ring (bicyclic) bond motifs is 1.